The van der Waals surface area contributed by atoms with Crippen molar-refractivity contribution in [3.8, 4) is 16.9 Å². The first-order valence-electron chi connectivity index (χ1n) is 9.05. The quantitative estimate of drug-likeness (QED) is 0.658. The Morgan fingerprint density at radius 3 is 2.44 bits per heavy atom. The Kier molecular flexibility index (Phi) is 4.31. The SMILES string of the molecule is COc1ccc2ncc(-c3ccc(C)cc3)c(N3CCCCC3)c2c1. The molecule has 4 rings (SSSR count). The third-order valence-electron chi connectivity index (χ3n) is 5.08. The minimum atomic E-state index is 0.883. The molecule has 0 atom stereocenters. The van der Waals surface area contributed by atoms with Crippen molar-refractivity contribution in [2.75, 3.05) is 25.1 Å². The van der Waals surface area contributed by atoms with Crippen molar-refractivity contribution in [3.05, 3.63) is 54.2 Å². The van der Waals surface area contributed by atoms with Gasteiger partial charge in [0.15, 0.2) is 0 Å². The van der Waals surface area contributed by atoms with E-state index >= 15 is 0 Å². The summed E-state index contributed by atoms with van der Waals surface area (Å²) in [5.74, 6) is 0.883. The van der Waals surface area contributed by atoms with Crippen molar-refractivity contribution in [3.63, 3.8) is 0 Å². The maximum absolute atomic E-state index is 5.48. The van der Waals surface area contributed by atoms with Crippen molar-refractivity contribution >= 4 is 16.6 Å². The van der Waals surface area contributed by atoms with Crippen LogP contribution < -0.4 is 9.64 Å². The summed E-state index contributed by atoms with van der Waals surface area (Å²) in [7, 11) is 1.72. The number of anilines is 1. The van der Waals surface area contributed by atoms with Gasteiger partial charge in [-0.2, -0.15) is 0 Å². The van der Waals surface area contributed by atoms with E-state index in [1.807, 2.05) is 12.3 Å². The molecule has 0 saturated carbocycles. The maximum atomic E-state index is 5.48. The summed E-state index contributed by atoms with van der Waals surface area (Å²) in [6.45, 7) is 4.34. The number of nitrogens with zero attached hydrogens (tertiary/aromatic N) is 2. The van der Waals surface area contributed by atoms with Crippen LogP contribution in [0.4, 0.5) is 5.69 Å². The summed E-state index contributed by atoms with van der Waals surface area (Å²) in [5.41, 5.74) is 6.04. The van der Waals surface area contributed by atoms with Crippen LogP contribution in [0.5, 0.6) is 5.75 Å². The Morgan fingerprint density at radius 1 is 0.960 bits per heavy atom. The molecule has 128 valence electrons. The van der Waals surface area contributed by atoms with E-state index in [0.717, 1.165) is 24.4 Å². The standard InChI is InChI=1S/C22H24N2O/c1-16-6-8-17(9-7-16)20-15-23-21-11-10-18(25-2)14-19(21)22(20)24-12-4-3-5-13-24/h6-11,14-15H,3-5,12-13H2,1-2H3. The number of aromatic nitrogens is 1. The molecule has 2 heterocycles. The van der Waals surface area contributed by atoms with Gasteiger partial charge in [-0.15, -0.1) is 0 Å². The summed E-state index contributed by atoms with van der Waals surface area (Å²) in [4.78, 5) is 7.26. The zero-order chi connectivity index (χ0) is 17.2. The normalized spacial score (nSPS) is 14.7. The molecule has 1 aromatic heterocycles. The molecule has 25 heavy (non-hydrogen) atoms. The molecule has 1 aliphatic heterocycles. The van der Waals surface area contributed by atoms with Crippen LogP contribution in [0.3, 0.4) is 0 Å². The molecule has 0 aliphatic carbocycles. The van der Waals surface area contributed by atoms with E-state index in [9.17, 15) is 0 Å². The molecule has 0 unspecified atom stereocenters. The molecule has 1 saturated heterocycles. The third-order valence-corrected chi connectivity index (χ3v) is 5.08. The first-order valence-corrected chi connectivity index (χ1v) is 9.05. The molecule has 2 aromatic carbocycles. The fraction of sp³-hybridized carbons (Fsp3) is 0.318. The average Bonchev–Trinajstić information content (AvgIpc) is 2.68. The van der Waals surface area contributed by atoms with E-state index in [1.165, 1.54) is 47.0 Å². The number of piperidine rings is 1. The molecule has 1 fully saturated rings. The highest BCUT2D eigenvalue weighted by molar-refractivity contribution is 6.00. The van der Waals surface area contributed by atoms with E-state index in [4.69, 9.17) is 9.72 Å². The number of methoxy groups -OCH3 is 1. The van der Waals surface area contributed by atoms with Crippen LogP contribution in [0.1, 0.15) is 24.8 Å². The fourth-order valence-corrected chi connectivity index (χ4v) is 3.69. The van der Waals surface area contributed by atoms with Crippen LogP contribution >= 0.6 is 0 Å². The second-order valence-corrected chi connectivity index (χ2v) is 6.82. The largest absolute Gasteiger partial charge is 0.497 e. The number of rotatable bonds is 3. The zero-order valence-corrected chi connectivity index (χ0v) is 15.0. The Labute approximate surface area is 149 Å². The number of fused-ring (bicyclic) bond motifs is 1. The van der Waals surface area contributed by atoms with Crippen LogP contribution in [-0.4, -0.2) is 25.2 Å². The second-order valence-electron chi connectivity index (χ2n) is 6.82. The summed E-state index contributed by atoms with van der Waals surface area (Å²) >= 11 is 0. The number of benzene rings is 2. The lowest BCUT2D eigenvalue weighted by atomic mass is 9.98. The van der Waals surface area contributed by atoms with Crippen LogP contribution in [0, 0.1) is 6.92 Å². The summed E-state index contributed by atoms with van der Waals surface area (Å²) in [6, 6.07) is 14.9. The highest BCUT2D eigenvalue weighted by Crippen LogP contribution is 2.39. The molecule has 1 aliphatic rings. The molecule has 3 aromatic rings. The van der Waals surface area contributed by atoms with E-state index < -0.39 is 0 Å². The Bertz CT molecular complexity index is 880. The zero-order valence-electron chi connectivity index (χ0n) is 15.0. The Hall–Kier alpha value is -2.55. The number of pyridine rings is 1. The van der Waals surface area contributed by atoms with E-state index in [1.54, 1.807) is 7.11 Å². The number of hydrogen-bond acceptors (Lipinski definition) is 3. The van der Waals surface area contributed by atoms with Crippen LogP contribution in [0.2, 0.25) is 0 Å². The van der Waals surface area contributed by atoms with Crippen molar-refractivity contribution < 1.29 is 4.74 Å². The lowest BCUT2D eigenvalue weighted by Crippen LogP contribution is -2.30. The van der Waals surface area contributed by atoms with Gasteiger partial charge in [0.2, 0.25) is 0 Å². The van der Waals surface area contributed by atoms with Gasteiger partial charge in [0, 0.05) is 30.2 Å². The van der Waals surface area contributed by atoms with Crippen LogP contribution in [0.25, 0.3) is 22.0 Å². The van der Waals surface area contributed by atoms with E-state index in [-0.39, 0.29) is 0 Å². The first kappa shape index (κ1) is 15.9. The minimum Gasteiger partial charge on any atom is -0.497 e. The second kappa shape index (κ2) is 6.75. The monoisotopic (exact) mass is 332 g/mol. The molecule has 0 spiro atoms. The van der Waals surface area contributed by atoms with Crippen LogP contribution in [0.15, 0.2) is 48.7 Å². The Balaban J connectivity index is 1.95. The van der Waals surface area contributed by atoms with Gasteiger partial charge in [0.1, 0.15) is 5.75 Å². The lowest BCUT2D eigenvalue weighted by Gasteiger charge is -2.31. The summed E-state index contributed by atoms with van der Waals surface area (Å²) < 4.78 is 5.48. The number of ether oxygens (including phenoxy) is 1. The molecule has 3 heteroatoms. The van der Waals surface area contributed by atoms with Gasteiger partial charge in [-0.1, -0.05) is 29.8 Å². The van der Waals surface area contributed by atoms with Crippen molar-refractivity contribution in [2.45, 2.75) is 26.2 Å². The van der Waals surface area contributed by atoms with Gasteiger partial charge in [-0.3, -0.25) is 4.98 Å². The van der Waals surface area contributed by atoms with Gasteiger partial charge < -0.3 is 9.64 Å². The van der Waals surface area contributed by atoms with Crippen molar-refractivity contribution in [1.82, 2.24) is 4.98 Å². The van der Waals surface area contributed by atoms with Crippen molar-refractivity contribution in [2.24, 2.45) is 0 Å². The fourth-order valence-electron chi connectivity index (χ4n) is 3.69. The van der Waals surface area contributed by atoms with Gasteiger partial charge in [-0.25, -0.2) is 0 Å². The first-order chi connectivity index (χ1) is 12.3. The van der Waals surface area contributed by atoms with Gasteiger partial charge >= 0.3 is 0 Å². The van der Waals surface area contributed by atoms with E-state index in [0.29, 0.717) is 0 Å². The third kappa shape index (κ3) is 3.07. The summed E-state index contributed by atoms with van der Waals surface area (Å²) in [6.07, 6.45) is 5.86. The maximum Gasteiger partial charge on any atom is 0.119 e. The molecule has 3 nitrogen and oxygen atoms in total. The molecular weight excluding hydrogens is 308 g/mol. The predicted molar refractivity (Wildman–Crippen MR) is 105 cm³/mol. The molecule has 0 N–H and O–H groups in total. The topological polar surface area (TPSA) is 25.4 Å². The van der Waals surface area contributed by atoms with Gasteiger partial charge in [-0.05, 0) is 49.9 Å². The smallest absolute Gasteiger partial charge is 0.119 e. The molecule has 0 radical (unpaired) electrons. The number of hydrogen-bond donors (Lipinski definition) is 0. The minimum absolute atomic E-state index is 0.883. The highest BCUT2D eigenvalue weighted by Gasteiger charge is 2.19. The molecular formula is C22H24N2O. The Morgan fingerprint density at radius 2 is 1.72 bits per heavy atom. The van der Waals surface area contributed by atoms with Gasteiger partial charge in [0.05, 0.1) is 18.3 Å². The predicted octanol–water partition coefficient (Wildman–Crippen LogP) is 5.21. The number of aryl methyl sites for hydroxylation is 1. The van der Waals surface area contributed by atoms with E-state index in [2.05, 4.69) is 48.2 Å². The van der Waals surface area contributed by atoms with Crippen molar-refractivity contribution in [1.29, 1.82) is 0 Å². The molecule has 0 bridgehead atoms. The van der Waals surface area contributed by atoms with Crippen LogP contribution in [-0.2, 0) is 0 Å². The highest BCUT2D eigenvalue weighted by atomic mass is 16.5. The lowest BCUT2D eigenvalue weighted by molar-refractivity contribution is 0.415. The molecule has 0 amide bonds. The average molecular weight is 332 g/mol. The van der Waals surface area contributed by atoms with Gasteiger partial charge in [0.25, 0.3) is 0 Å². The summed E-state index contributed by atoms with van der Waals surface area (Å²) in [5, 5.41) is 1.18.